The van der Waals surface area contributed by atoms with E-state index in [9.17, 15) is 26.3 Å². The fourth-order valence-electron chi connectivity index (χ4n) is 2.35. The number of alkyl halides is 6. The number of rotatable bonds is 5. The average Bonchev–Trinajstić information content (AvgIpc) is 2.48. The predicted molar refractivity (Wildman–Crippen MR) is 92.6 cm³/mol. The Morgan fingerprint density at radius 3 is 1.52 bits per heavy atom. The van der Waals surface area contributed by atoms with Gasteiger partial charge in [0.1, 0.15) is 0 Å². The van der Waals surface area contributed by atoms with Crippen LogP contribution < -0.4 is 5.46 Å². The highest BCUT2D eigenvalue weighted by Gasteiger charge is 2.42. The van der Waals surface area contributed by atoms with Gasteiger partial charge in [0.25, 0.3) is 0 Å². The molecule has 154 valence electrons. The van der Waals surface area contributed by atoms with Crippen molar-refractivity contribution in [1.29, 1.82) is 0 Å². The molecule has 0 heterocycles. The van der Waals surface area contributed by atoms with E-state index in [-0.39, 0.29) is 16.9 Å². The van der Waals surface area contributed by atoms with Crippen molar-refractivity contribution in [3.63, 3.8) is 0 Å². The standard InChI is InChI=1S/C18H25BF6O2/c1-11(16(5,6)15(2,3)4)27-19(26-7)14-9-12(17(20,21)22)8-13(10-14)18(23,24)25/h8-11H,1-7H3. The molecule has 0 N–H and O–H groups in total. The minimum atomic E-state index is -4.93. The van der Waals surface area contributed by atoms with Gasteiger partial charge in [-0.3, -0.25) is 0 Å². The summed E-state index contributed by atoms with van der Waals surface area (Å²) in [5.74, 6) is 0. The maximum absolute atomic E-state index is 13.1. The van der Waals surface area contributed by atoms with E-state index in [1.165, 1.54) is 7.11 Å². The Bertz CT molecular complexity index is 614. The van der Waals surface area contributed by atoms with Gasteiger partial charge in [0, 0.05) is 13.2 Å². The van der Waals surface area contributed by atoms with Crippen molar-refractivity contribution in [2.75, 3.05) is 7.11 Å². The zero-order valence-corrected chi connectivity index (χ0v) is 16.5. The van der Waals surface area contributed by atoms with Crippen molar-refractivity contribution < 1.29 is 35.7 Å². The van der Waals surface area contributed by atoms with Crippen molar-refractivity contribution in [2.24, 2.45) is 10.8 Å². The van der Waals surface area contributed by atoms with E-state index >= 15 is 0 Å². The van der Waals surface area contributed by atoms with E-state index in [4.69, 9.17) is 9.31 Å². The van der Waals surface area contributed by atoms with Crippen LogP contribution in [0.3, 0.4) is 0 Å². The third-order valence-corrected chi connectivity index (χ3v) is 5.37. The lowest BCUT2D eigenvalue weighted by molar-refractivity contribution is -0.143. The third-order valence-electron chi connectivity index (χ3n) is 5.37. The summed E-state index contributed by atoms with van der Waals surface area (Å²) in [5.41, 5.74) is -3.80. The molecule has 0 aliphatic rings. The Kier molecular flexibility index (Phi) is 6.76. The summed E-state index contributed by atoms with van der Waals surface area (Å²) in [6, 6.07) is 1.33. The molecule has 0 radical (unpaired) electrons. The van der Waals surface area contributed by atoms with Crippen LogP contribution in [0.4, 0.5) is 26.3 Å². The van der Waals surface area contributed by atoms with Crippen LogP contribution in [0.15, 0.2) is 18.2 Å². The van der Waals surface area contributed by atoms with Crippen molar-refractivity contribution in [3.05, 3.63) is 29.3 Å². The third kappa shape index (κ3) is 5.64. The monoisotopic (exact) mass is 398 g/mol. The van der Waals surface area contributed by atoms with E-state index in [2.05, 4.69) is 0 Å². The summed E-state index contributed by atoms with van der Waals surface area (Å²) >= 11 is 0. The van der Waals surface area contributed by atoms with Crippen LogP contribution in [0.25, 0.3) is 0 Å². The van der Waals surface area contributed by atoms with E-state index in [1.54, 1.807) is 6.92 Å². The van der Waals surface area contributed by atoms with Crippen LogP contribution in [-0.2, 0) is 21.7 Å². The van der Waals surface area contributed by atoms with E-state index < -0.39 is 42.1 Å². The van der Waals surface area contributed by atoms with Gasteiger partial charge in [-0.1, -0.05) is 46.8 Å². The fraction of sp³-hybridized carbons (Fsp3) is 0.667. The minimum absolute atomic E-state index is 0.0821. The molecule has 0 amide bonds. The Labute approximate surface area is 156 Å². The molecule has 27 heavy (non-hydrogen) atoms. The van der Waals surface area contributed by atoms with Crippen LogP contribution in [0.1, 0.15) is 52.7 Å². The lowest BCUT2D eigenvalue weighted by atomic mass is 9.65. The highest BCUT2D eigenvalue weighted by molar-refractivity contribution is 6.61. The van der Waals surface area contributed by atoms with Crippen LogP contribution in [0.2, 0.25) is 0 Å². The van der Waals surface area contributed by atoms with E-state index in [0.29, 0.717) is 12.1 Å². The van der Waals surface area contributed by atoms with Gasteiger partial charge in [-0.05, 0) is 29.3 Å². The second-order valence-corrected chi connectivity index (χ2v) is 8.16. The largest absolute Gasteiger partial charge is 0.493 e. The maximum Gasteiger partial charge on any atom is 0.493 e. The Morgan fingerprint density at radius 2 is 1.22 bits per heavy atom. The first kappa shape index (κ1) is 23.8. The molecule has 0 aliphatic heterocycles. The Hall–Kier alpha value is -1.22. The molecule has 0 spiro atoms. The normalized spacial score (nSPS) is 15.0. The summed E-state index contributed by atoms with van der Waals surface area (Å²) < 4.78 is 89.2. The van der Waals surface area contributed by atoms with Crippen LogP contribution >= 0.6 is 0 Å². The van der Waals surface area contributed by atoms with E-state index in [0.717, 1.165) is 0 Å². The average molecular weight is 398 g/mol. The van der Waals surface area contributed by atoms with Gasteiger partial charge in [0.05, 0.1) is 11.1 Å². The first-order chi connectivity index (χ1) is 11.9. The van der Waals surface area contributed by atoms with Crippen LogP contribution in [-0.4, -0.2) is 20.3 Å². The topological polar surface area (TPSA) is 18.5 Å². The summed E-state index contributed by atoms with van der Waals surface area (Å²) in [5, 5.41) is 0. The molecular weight excluding hydrogens is 373 g/mol. The quantitative estimate of drug-likeness (QED) is 0.479. The number of hydrogen-bond acceptors (Lipinski definition) is 2. The van der Waals surface area contributed by atoms with Crippen LogP contribution in [0, 0.1) is 10.8 Å². The van der Waals surface area contributed by atoms with Crippen LogP contribution in [0.5, 0.6) is 0 Å². The van der Waals surface area contributed by atoms with Crippen molar-refractivity contribution in [1.82, 2.24) is 0 Å². The van der Waals surface area contributed by atoms with Gasteiger partial charge < -0.3 is 9.31 Å². The highest BCUT2D eigenvalue weighted by Crippen LogP contribution is 2.42. The SMILES string of the molecule is COB(OC(C)C(C)(C)C(C)(C)C)c1cc(C(F)(F)F)cc(C(F)(F)F)c1. The lowest BCUT2D eigenvalue weighted by Crippen LogP contribution is -2.47. The number of hydrogen-bond donors (Lipinski definition) is 0. The predicted octanol–water partition coefficient (Wildman–Crippen LogP) is 5.54. The second-order valence-electron chi connectivity index (χ2n) is 8.16. The molecule has 0 aromatic heterocycles. The Balaban J connectivity index is 3.35. The molecule has 1 rings (SSSR count). The second kappa shape index (κ2) is 7.66. The highest BCUT2D eigenvalue weighted by atomic mass is 19.4. The summed E-state index contributed by atoms with van der Waals surface area (Å²) in [6.07, 6.45) is -10.4. The summed E-state index contributed by atoms with van der Waals surface area (Å²) in [7, 11) is -0.195. The lowest BCUT2D eigenvalue weighted by Gasteiger charge is -2.44. The molecule has 0 aliphatic carbocycles. The molecule has 1 unspecified atom stereocenters. The summed E-state index contributed by atoms with van der Waals surface area (Å²) in [6.45, 7) is 11.5. The minimum Gasteiger partial charge on any atom is -0.410 e. The van der Waals surface area contributed by atoms with Crippen molar-refractivity contribution in [3.8, 4) is 0 Å². The molecule has 1 atom stereocenters. The smallest absolute Gasteiger partial charge is 0.410 e. The Morgan fingerprint density at radius 1 is 0.815 bits per heavy atom. The molecule has 0 bridgehead atoms. The van der Waals surface area contributed by atoms with E-state index in [1.807, 2.05) is 34.6 Å². The van der Waals surface area contributed by atoms with Gasteiger partial charge in [-0.2, -0.15) is 26.3 Å². The fourth-order valence-corrected chi connectivity index (χ4v) is 2.35. The molecule has 1 aromatic carbocycles. The van der Waals surface area contributed by atoms with Crippen molar-refractivity contribution in [2.45, 2.75) is 60.0 Å². The molecule has 0 saturated carbocycles. The molecule has 2 nitrogen and oxygen atoms in total. The molecule has 0 saturated heterocycles. The summed E-state index contributed by atoms with van der Waals surface area (Å²) in [4.78, 5) is 0. The van der Waals surface area contributed by atoms with Gasteiger partial charge in [-0.25, -0.2) is 0 Å². The van der Waals surface area contributed by atoms with Crippen molar-refractivity contribution >= 4 is 12.6 Å². The van der Waals surface area contributed by atoms with Gasteiger partial charge >= 0.3 is 19.5 Å². The molecular formula is C18H25BF6O2. The number of benzene rings is 1. The number of halogens is 6. The van der Waals surface area contributed by atoms with Gasteiger partial charge in [0.2, 0.25) is 0 Å². The molecule has 1 aromatic rings. The molecule has 9 heteroatoms. The maximum atomic E-state index is 13.1. The zero-order valence-electron chi connectivity index (χ0n) is 16.5. The van der Waals surface area contributed by atoms with Gasteiger partial charge in [-0.15, -0.1) is 0 Å². The molecule has 0 fully saturated rings. The van der Waals surface area contributed by atoms with Gasteiger partial charge in [0.15, 0.2) is 0 Å². The first-order valence-corrected chi connectivity index (χ1v) is 8.39. The first-order valence-electron chi connectivity index (χ1n) is 8.39. The zero-order chi connectivity index (χ0) is 21.4.